The third-order valence-corrected chi connectivity index (χ3v) is 7.45. The molecule has 1 aromatic heterocycles. The van der Waals surface area contributed by atoms with Gasteiger partial charge in [0.2, 0.25) is 0 Å². The van der Waals surface area contributed by atoms with Crippen LogP contribution in [0.3, 0.4) is 0 Å². The van der Waals surface area contributed by atoms with E-state index in [1.54, 1.807) is 0 Å². The molecule has 35 heavy (non-hydrogen) atoms. The molecule has 3 aromatic rings. The average Bonchev–Trinajstić information content (AvgIpc) is 3.22. The van der Waals surface area contributed by atoms with Crippen LogP contribution < -0.4 is 4.90 Å². The van der Waals surface area contributed by atoms with E-state index in [2.05, 4.69) is 72.7 Å². The number of aryl methyl sites for hydroxylation is 1. The Morgan fingerprint density at radius 2 is 1.66 bits per heavy atom. The summed E-state index contributed by atoms with van der Waals surface area (Å²) < 4.78 is 15.7. The van der Waals surface area contributed by atoms with Crippen LogP contribution in [0.4, 0.5) is 10.2 Å². The van der Waals surface area contributed by atoms with Crippen LogP contribution in [0, 0.1) is 12.7 Å². The fourth-order valence-electron chi connectivity index (χ4n) is 4.93. The van der Waals surface area contributed by atoms with E-state index in [0.717, 1.165) is 75.9 Å². The average molecular weight is 478 g/mol. The van der Waals surface area contributed by atoms with E-state index in [1.165, 1.54) is 23.3 Å². The third-order valence-electron chi connectivity index (χ3n) is 7.45. The number of benzene rings is 2. The fraction of sp³-hybridized carbons (Fsp3) is 0.483. The number of nitrogens with zero attached hydrogens (tertiary/aromatic N) is 5. The Bertz CT molecular complexity index is 1050. The van der Waals surface area contributed by atoms with Crippen molar-refractivity contribution < 1.29 is 4.39 Å². The maximum absolute atomic E-state index is 13.7. The normalized spacial score (nSPS) is 15.7. The van der Waals surface area contributed by atoms with Crippen molar-refractivity contribution in [3.8, 4) is 5.69 Å². The summed E-state index contributed by atoms with van der Waals surface area (Å²) in [5, 5.41) is 4.99. The van der Waals surface area contributed by atoms with Gasteiger partial charge in [-0.25, -0.2) is 9.07 Å². The molecule has 0 N–H and O–H groups in total. The second-order valence-electron chi connectivity index (χ2n) is 9.66. The van der Waals surface area contributed by atoms with E-state index in [0.29, 0.717) is 6.04 Å². The van der Waals surface area contributed by atoms with Crippen LogP contribution in [0.25, 0.3) is 5.69 Å². The Balaban J connectivity index is 1.66. The minimum absolute atomic E-state index is 0.222. The molecule has 1 atom stereocenters. The highest BCUT2D eigenvalue weighted by molar-refractivity contribution is 5.56. The number of likely N-dealkylation sites (N-methyl/N-ethyl adjacent to an activating group) is 1. The van der Waals surface area contributed by atoms with Gasteiger partial charge in [0.1, 0.15) is 11.6 Å². The van der Waals surface area contributed by atoms with Crippen molar-refractivity contribution in [1.82, 2.24) is 19.6 Å². The first-order valence-corrected chi connectivity index (χ1v) is 13.1. The number of rotatable bonds is 10. The predicted molar refractivity (Wildman–Crippen MR) is 143 cm³/mol. The zero-order valence-electron chi connectivity index (χ0n) is 21.8. The molecule has 0 aliphatic carbocycles. The van der Waals surface area contributed by atoms with E-state index in [9.17, 15) is 4.39 Å². The number of piperazine rings is 1. The second kappa shape index (κ2) is 11.8. The Kier molecular flexibility index (Phi) is 8.58. The molecule has 6 heteroatoms. The minimum Gasteiger partial charge on any atom is -0.354 e. The molecule has 2 aromatic carbocycles. The van der Waals surface area contributed by atoms with Crippen molar-refractivity contribution in [2.24, 2.45) is 0 Å². The molecule has 1 aliphatic rings. The van der Waals surface area contributed by atoms with E-state index in [4.69, 9.17) is 5.10 Å². The van der Waals surface area contributed by atoms with E-state index in [1.807, 2.05) is 16.8 Å². The first-order valence-electron chi connectivity index (χ1n) is 13.1. The number of hydrogen-bond donors (Lipinski definition) is 0. The van der Waals surface area contributed by atoms with E-state index < -0.39 is 0 Å². The lowest BCUT2D eigenvalue weighted by Gasteiger charge is -2.37. The van der Waals surface area contributed by atoms with Gasteiger partial charge in [0, 0.05) is 50.9 Å². The predicted octanol–water partition coefficient (Wildman–Crippen LogP) is 5.30. The topological polar surface area (TPSA) is 27.5 Å². The molecule has 2 heterocycles. The summed E-state index contributed by atoms with van der Waals surface area (Å²) in [6.07, 6.45) is 2.13. The lowest BCUT2D eigenvalue weighted by atomic mass is 10.1. The van der Waals surface area contributed by atoms with Crippen LogP contribution in [0.5, 0.6) is 0 Å². The van der Waals surface area contributed by atoms with Gasteiger partial charge in [-0.05, 0) is 63.1 Å². The molecule has 5 nitrogen and oxygen atoms in total. The van der Waals surface area contributed by atoms with Gasteiger partial charge in [-0.2, -0.15) is 5.10 Å². The highest BCUT2D eigenvalue weighted by Crippen LogP contribution is 2.30. The monoisotopic (exact) mass is 477 g/mol. The molecule has 1 aliphatic heterocycles. The van der Waals surface area contributed by atoms with Crippen molar-refractivity contribution in [2.45, 2.75) is 53.1 Å². The summed E-state index contributed by atoms with van der Waals surface area (Å²) in [6, 6.07) is 17.9. The quantitative estimate of drug-likeness (QED) is 0.396. The van der Waals surface area contributed by atoms with Gasteiger partial charge < -0.3 is 9.80 Å². The van der Waals surface area contributed by atoms with Crippen LogP contribution in [0.15, 0.2) is 54.6 Å². The molecule has 1 fully saturated rings. The molecule has 0 bridgehead atoms. The molecule has 0 saturated carbocycles. The molecular weight excluding hydrogens is 437 g/mol. The maximum atomic E-state index is 13.7. The number of aromatic nitrogens is 2. The summed E-state index contributed by atoms with van der Waals surface area (Å²) in [5.41, 5.74) is 4.62. The van der Waals surface area contributed by atoms with Crippen LogP contribution in [-0.2, 0) is 13.0 Å². The standard InChI is InChI=1S/C29H40FN5/c1-5-23(3)34(17-16-25-10-8-7-9-11-25)22-28-24(4)31-35(27-14-12-26(30)13-15-27)29(28)33-20-18-32(6-2)19-21-33/h7-15,23H,5-6,16-22H2,1-4H3. The molecule has 0 radical (unpaired) electrons. The fourth-order valence-corrected chi connectivity index (χ4v) is 4.93. The molecule has 0 amide bonds. The van der Waals surface area contributed by atoms with Crippen molar-refractivity contribution in [1.29, 1.82) is 0 Å². The Morgan fingerprint density at radius 3 is 2.29 bits per heavy atom. The lowest BCUT2D eigenvalue weighted by Crippen LogP contribution is -2.47. The Labute approximate surface area is 210 Å². The maximum Gasteiger partial charge on any atom is 0.137 e. The SMILES string of the molecule is CCC(C)N(CCc1ccccc1)Cc1c(C)nn(-c2ccc(F)cc2)c1N1CCN(CC)CC1. The van der Waals surface area contributed by atoms with Gasteiger partial charge >= 0.3 is 0 Å². The minimum atomic E-state index is -0.222. The molecule has 188 valence electrons. The molecule has 1 saturated heterocycles. The van der Waals surface area contributed by atoms with Crippen LogP contribution in [-0.4, -0.2) is 64.9 Å². The van der Waals surface area contributed by atoms with Crippen molar-refractivity contribution in [3.63, 3.8) is 0 Å². The van der Waals surface area contributed by atoms with Crippen LogP contribution in [0.2, 0.25) is 0 Å². The first kappa shape index (κ1) is 25.4. The lowest BCUT2D eigenvalue weighted by molar-refractivity contribution is 0.197. The zero-order chi connectivity index (χ0) is 24.8. The number of anilines is 1. The first-order chi connectivity index (χ1) is 17.0. The van der Waals surface area contributed by atoms with Crippen molar-refractivity contribution in [3.05, 3.63) is 77.2 Å². The van der Waals surface area contributed by atoms with Crippen molar-refractivity contribution in [2.75, 3.05) is 44.2 Å². The summed E-state index contributed by atoms with van der Waals surface area (Å²) in [7, 11) is 0. The van der Waals surface area contributed by atoms with Gasteiger partial charge in [-0.3, -0.25) is 4.90 Å². The summed E-state index contributed by atoms with van der Waals surface area (Å²) in [4.78, 5) is 7.57. The van der Waals surface area contributed by atoms with E-state index >= 15 is 0 Å². The smallest absolute Gasteiger partial charge is 0.137 e. The molecule has 1 unspecified atom stereocenters. The highest BCUT2D eigenvalue weighted by atomic mass is 19.1. The van der Waals surface area contributed by atoms with Crippen molar-refractivity contribution >= 4 is 5.82 Å². The van der Waals surface area contributed by atoms with Gasteiger partial charge in [-0.15, -0.1) is 0 Å². The molecular formula is C29H40FN5. The van der Waals surface area contributed by atoms with Gasteiger partial charge in [0.25, 0.3) is 0 Å². The summed E-state index contributed by atoms with van der Waals surface area (Å²) >= 11 is 0. The second-order valence-corrected chi connectivity index (χ2v) is 9.66. The number of hydrogen-bond acceptors (Lipinski definition) is 4. The largest absolute Gasteiger partial charge is 0.354 e. The Morgan fingerprint density at radius 1 is 0.971 bits per heavy atom. The van der Waals surface area contributed by atoms with Gasteiger partial charge in [-0.1, -0.05) is 44.2 Å². The van der Waals surface area contributed by atoms with Gasteiger partial charge in [0.05, 0.1) is 11.4 Å². The summed E-state index contributed by atoms with van der Waals surface area (Å²) in [6.45, 7) is 15.9. The van der Waals surface area contributed by atoms with Gasteiger partial charge in [0.15, 0.2) is 0 Å². The van der Waals surface area contributed by atoms with E-state index in [-0.39, 0.29) is 5.82 Å². The Hall–Kier alpha value is -2.70. The highest BCUT2D eigenvalue weighted by Gasteiger charge is 2.27. The van der Waals surface area contributed by atoms with Crippen LogP contribution in [0.1, 0.15) is 44.0 Å². The van der Waals surface area contributed by atoms with Crippen LogP contribution >= 0.6 is 0 Å². The summed E-state index contributed by atoms with van der Waals surface area (Å²) in [5.74, 6) is 0.942. The third kappa shape index (κ3) is 6.11. The molecule has 4 rings (SSSR count). The number of halogens is 1. The molecule has 0 spiro atoms. The zero-order valence-corrected chi connectivity index (χ0v) is 21.8.